The van der Waals surface area contributed by atoms with Crippen LogP contribution in [0.4, 0.5) is 4.39 Å². The van der Waals surface area contributed by atoms with Gasteiger partial charge in [0.2, 0.25) is 0 Å². The number of halogens is 1. The zero-order valence-electron chi connectivity index (χ0n) is 19.0. The van der Waals surface area contributed by atoms with Crippen LogP contribution >= 0.6 is 0 Å². The standard InChI is InChI=1S/C26H35FN2O3/c1-32-20-8-10-25-22(15-20)21(11-13-28-25)24(27)9-7-19-12-14-29(17-23(19)26(30)31)16-18-5-3-2-4-6-18/h8,10-11,13,15,18-19,23-24H,2-7,9,12,14,16-17H2,1H3,(H,30,31)/t19-,23+,24+/m1/s1. The van der Waals surface area contributed by atoms with Gasteiger partial charge >= 0.3 is 5.97 Å². The molecule has 2 aliphatic rings. The van der Waals surface area contributed by atoms with E-state index in [9.17, 15) is 9.90 Å². The van der Waals surface area contributed by atoms with Crippen molar-refractivity contribution in [1.29, 1.82) is 0 Å². The summed E-state index contributed by atoms with van der Waals surface area (Å²) in [5.74, 6) is 0.264. The predicted octanol–water partition coefficient (Wildman–Crippen LogP) is 5.64. The number of hydrogen-bond acceptors (Lipinski definition) is 4. The molecule has 1 aliphatic heterocycles. The molecule has 0 unspecified atom stereocenters. The Labute approximate surface area is 190 Å². The normalized spacial score (nSPS) is 23.8. The lowest BCUT2D eigenvalue weighted by atomic mass is 9.80. The Bertz CT molecular complexity index is 915. The number of pyridine rings is 1. The second-order valence-corrected chi connectivity index (χ2v) is 9.59. The van der Waals surface area contributed by atoms with Crippen molar-refractivity contribution in [2.75, 3.05) is 26.7 Å². The molecule has 1 aromatic carbocycles. The average molecular weight is 443 g/mol. The van der Waals surface area contributed by atoms with Crippen molar-refractivity contribution in [3.63, 3.8) is 0 Å². The van der Waals surface area contributed by atoms with Crippen molar-refractivity contribution in [3.8, 4) is 5.75 Å². The fraction of sp³-hybridized carbons (Fsp3) is 0.615. The molecule has 2 heterocycles. The van der Waals surface area contributed by atoms with Crippen molar-refractivity contribution in [1.82, 2.24) is 9.88 Å². The van der Waals surface area contributed by atoms with Gasteiger partial charge in [-0.2, -0.15) is 0 Å². The Morgan fingerprint density at radius 2 is 2.06 bits per heavy atom. The highest BCUT2D eigenvalue weighted by atomic mass is 19.1. The maximum absolute atomic E-state index is 15.3. The van der Waals surface area contributed by atoms with Gasteiger partial charge in [0.1, 0.15) is 11.9 Å². The Morgan fingerprint density at radius 3 is 2.81 bits per heavy atom. The number of aliphatic carboxylic acids is 1. The summed E-state index contributed by atoms with van der Waals surface area (Å²) in [7, 11) is 1.59. The van der Waals surface area contributed by atoms with Gasteiger partial charge in [0.15, 0.2) is 0 Å². The number of piperidine rings is 1. The molecule has 1 saturated heterocycles. The van der Waals surface area contributed by atoms with Crippen molar-refractivity contribution >= 4 is 16.9 Å². The molecule has 0 bridgehead atoms. The lowest BCUT2D eigenvalue weighted by Crippen LogP contribution is -2.45. The summed E-state index contributed by atoms with van der Waals surface area (Å²) in [6.45, 7) is 2.55. The molecule has 6 heteroatoms. The van der Waals surface area contributed by atoms with Gasteiger partial charge in [-0.1, -0.05) is 19.3 Å². The molecule has 174 valence electrons. The molecule has 1 N–H and O–H groups in total. The van der Waals surface area contributed by atoms with E-state index >= 15 is 4.39 Å². The van der Waals surface area contributed by atoms with E-state index < -0.39 is 18.1 Å². The molecular formula is C26H35FN2O3. The first kappa shape index (κ1) is 23.0. The number of fused-ring (bicyclic) bond motifs is 1. The molecule has 2 aromatic rings. The molecule has 4 rings (SSSR count). The van der Waals surface area contributed by atoms with Crippen LogP contribution in [0.3, 0.4) is 0 Å². The zero-order chi connectivity index (χ0) is 22.5. The van der Waals surface area contributed by atoms with Crippen LogP contribution in [0.25, 0.3) is 10.9 Å². The first-order chi connectivity index (χ1) is 15.5. The van der Waals surface area contributed by atoms with Crippen LogP contribution in [0.2, 0.25) is 0 Å². The molecular weight excluding hydrogens is 407 g/mol. The summed E-state index contributed by atoms with van der Waals surface area (Å²) in [4.78, 5) is 18.7. The number of carboxylic acid groups (broad SMARTS) is 1. The maximum atomic E-state index is 15.3. The van der Waals surface area contributed by atoms with E-state index in [1.165, 1.54) is 32.1 Å². The topological polar surface area (TPSA) is 62.7 Å². The van der Waals surface area contributed by atoms with E-state index in [0.29, 0.717) is 36.6 Å². The number of rotatable bonds is 8. The Hall–Kier alpha value is -2.21. The predicted molar refractivity (Wildman–Crippen MR) is 124 cm³/mol. The van der Waals surface area contributed by atoms with Crippen molar-refractivity contribution < 1.29 is 19.0 Å². The lowest BCUT2D eigenvalue weighted by Gasteiger charge is -2.39. The fourth-order valence-electron chi connectivity index (χ4n) is 5.66. The summed E-state index contributed by atoms with van der Waals surface area (Å²) >= 11 is 0. The van der Waals surface area contributed by atoms with Gasteiger partial charge < -0.3 is 14.7 Å². The number of methoxy groups -OCH3 is 1. The van der Waals surface area contributed by atoms with E-state index in [0.717, 1.165) is 30.4 Å². The molecule has 0 spiro atoms. The van der Waals surface area contributed by atoms with E-state index in [4.69, 9.17) is 4.74 Å². The van der Waals surface area contributed by atoms with Crippen molar-refractivity contribution in [2.45, 2.75) is 57.5 Å². The summed E-state index contributed by atoms with van der Waals surface area (Å²) in [6.07, 6.45) is 8.71. The van der Waals surface area contributed by atoms with Crippen LogP contribution in [0.1, 0.15) is 63.1 Å². The minimum atomic E-state index is -1.15. The first-order valence-corrected chi connectivity index (χ1v) is 12.1. The molecule has 1 saturated carbocycles. The van der Waals surface area contributed by atoms with Crippen LogP contribution < -0.4 is 4.74 Å². The number of carbonyl (C=O) groups is 1. The largest absolute Gasteiger partial charge is 0.497 e. The van der Waals surface area contributed by atoms with Crippen LogP contribution in [0, 0.1) is 17.8 Å². The van der Waals surface area contributed by atoms with Gasteiger partial charge in [0, 0.05) is 24.7 Å². The molecule has 1 aromatic heterocycles. The van der Waals surface area contributed by atoms with E-state index in [-0.39, 0.29) is 5.92 Å². The first-order valence-electron chi connectivity index (χ1n) is 12.1. The molecule has 2 fully saturated rings. The lowest BCUT2D eigenvalue weighted by molar-refractivity contribution is -0.146. The van der Waals surface area contributed by atoms with Crippen LogP contribution in [-0.2, 0) is 4.79 Å². The number of ether oxygens (including phenoxy) is 1. The number of aromatic nitrogens is 1. The quantitative estimate of drug-likeness (QED) is 0.573. The second-order valence-electron chi connectivity index (χ2n) is 9.59. The summed E-state index contributed by atoms with van der Waals surface area (Å²) in [5.41, 5.74) is 1.35. The smallest absolute Gasteiger partial charge is 0.308 e. The summed E-state index contributed by atoms with van der Waals surface area (Å²) in [5, 5.41) is 10.6. The highest BCUT2D eigenvalue weighted by molar-refractivity contribution is 5.83. The number of hydrogen-bond donors (Lipinski definition) is 1. The molecule has 5 nitrogen and oxygen atoms in total. The van der Waals surface area contributed by atoms with Crippen LogP contribution in [0.15, 0.2) is 30.5 Å². The third-order valence-electron chi connectivity index (χ3n) is 7.51. The van der Waals surface area contributed by atoms with Crippen molar-refractivity contribution in [3.05, 3.63) is 36.0 Å². The van der Waals surface area contributed by atoms with Gasteiger partial charge in [-0.25, -0.2) is 4.39 Å². The van der Waals surface area contributed by atoms with Gasteiger partial charge in [0.25, 0.3) is 0 Å². The van der Waals surface area contributed by atoms with E-state index in [1.807, 2.05) is 18.2 Å². The zero-order valence-corrected chi connectivity index (χ0v) is 19.0. The summed E-state index contributed by atoms with van der Waals surface area (Å²) < 4.78 is 20.6. The SMILES string of the molecule is COc1ccc2nccc([C@@H](F)CC[C@@H]3CCN(CC4CCCCC4)C[C@@H]3C(=O)O)c2c1. The highest BCUT2D eigenvalue weighted by Crippen LogP contribution is 2.36. The third kappa shape index (κ3) is 5.40. The second kappa shape index (κ2) is 10.6. The number of carboxylic acids is 1. The van der Waals surface area contributed by atoms with Gasteiger partial charge in [-0.3, -0.25) is 9.78 Å². The molecule has 1 aliphatic carbocycles. The van der Waals surface area contributed by atoms with Crippen molar-refractivity contribution in [2.24, 2.45) is 17.8 Å². The molecule has 0 radical (unpaired) electrons. The Kier molecular flexibility index (Phi) is 7.61. The monoisotopic (exact) mass is 442 g/mol. The molecule has 0 amide bonds. The molecule has 3 atom stereocenters. The third-order valence-corrected chi connectivity index (χ3v) is 7.51. The van der Waals surface area contributed by atoms with Crippen LogP contribution in [-0.4, -0.2) is 47.7 Å². The number of alkyl halides is 1. The minimum Gasteiger partial charge on any atom is -0.497 e. The number of likely N-dealkylation sites (tertiary alicyclic amines) is 1. The van der Waals surface area contributed by atoms with Gasteiger partial charge in [-0.15, -0.1) is 0 Å². The van der Waals surface area contributed by atoms with E-state index in [2.05, 4.69) is 9.88 Å². The average Bonchev–Trinajstić information content (AvgIpc) is 2.82. The highest BCUT2D eigenvalue weighted by Gasteiger charge is 2.35. The van der Waals surface area contributed by atoms with Gasteiger partial charge in [0.05, 0.1) is 18.5 Å². The number of benzene rings is 1. The molecule has 32 heavy (non-hydrogen) atoms. The minimum absolute atomic E-state index is 0.0241. The fourth-order valence-corrected chi connectivity index (χ4v) is 5.66. The Balaban J connectivity index is 1.38. The van der Waals surface area contributed by atoms with E-state index in [1.54, 1.807) is 19.4 Å². The Morgan fingerprint density at radius 1 is 1.25 bits per heavy atom. The maximum Gasteiger partial charge on any atom is 0.308 e. The number of nitrogens with zero attached hydrogens (tertiary/aromatic N) is 2. The van der Waals surface area contributed by atoms with Gasteiger partial charge in [-0.05, 0) is 80.3 Å². The van der Waals surface area contributed by atoms with Crippen LogP contribution in [0.5, 0.6) is 5.75 Å². The summed E-state index contributed by atoms with van der Waals surface area (Å²) in [6, 6.07) is 7.22.